The number of para-hydroxylation sites is 1. The summed E-state index contributed by atoms with van der Waals surface area (Å²) in [6.07, 6.45) is -0.504. The number of carbonyl (C=O) groups is 4. The molecule has 3 atom stereocenters. The van der Waals surface area contributed by atoms with Crippen LogP contribution in [0.4, 0.5) is 0 Å². The number of ether oxygens (including phenoxy) is 1. The van der Waals surface area contributed by atoms with Gasteiger partial charge in [-0.25, -0.2) is 4.79 Å². The van der Waals surface area contributed by atoms with Gasteiger partial charge in [-0.15, -0.1) is 0 Å². The van der Waals surface area contributed by atoms with Crippen LogP contribution in [-0.2, 0) is 14.4 Å². The molecule has 1 aromatic carbocycles. The highest BCUT2D eigenvalue weighted by atomic mass is 16.5. The van der Waals surface area contributed by atoms with Crippen LogP contribution in [0, 0.1) is 5.92 Å². The van der Waals surface area contributed by atoms with Crippen molar-refractivity contribution in [3.05, 3.63) is 29.8 Å². The molecule has 28 heavy (non-hydrogen) atoms. The van der Waals surface area contributed by atoms with Gasteiger partial charge >= 0.3 is 5.97 Å². The highest BCUT2D eigenvalue weighted by Crippen LogP contribution is 2.19. The van der Waals surface area contributed by atoms with E-state index in [9.17, 15) is 24.3 Å². The molecule has 152 valence electrons. The Morgan fingerprint density at radius 1 is 1.14 bits per heavy atom. The summed E-state index contributed by atoms with van der Waals surface area (Å²) in [6, 6.07) is 3.70. The van der Waals surface area contributed by atoms with E-state index < -0.39 is 36.3 Å². The third-order valence-corrected chi connectivity index (χ3v) is 4.27. The highest BCUT2D eigenvalue weighted by Gasteiger charge is 2.30. The maximum Gasteiger partial charge on any atom is 0.326 e. The Bertz CT molecular complexity index is 764. The van der Waals surface area contributed by atoms with Gasteiger partial charge in [-0.3, -0.25) is 14.4 Å². The summed E-state index contributed by atoms with van der Waals surface area (Å²) in [6.45, 7) is 5.37. The minimum absolute atomic E-state index is 0.0944. The molecule has 1 aromatic rings. The first-order valence-electron chi connectivity index (χ1n) is 9.04. The maximum absolute atomic E-state index is 12.5. The zero-order chi connectivity index (χ0) is 20.8. The molecule has 9 heteroatoms. The average Bonchev–Trinajstić information content (AvgIpc) is 2.62. The van der Waals surface area contributed by atoms with Crippen molar-refractivity contribution in [2.24, 2.45) is 5.92 Å². The molecule has 1 aliphatic rings. The number of carbonyl (C=O) groups excluding carboxylic acids is 3. The predicted molar refractivity (Wildman–Crippen MR) is 99.8 cm³/mol. The Hall–Kier alpha value is -3.10. The molecule has 0 fully saturated rings. The fraction of sp³-hybridized carbons (Fsp3) is 0.474. The van der Waals surface area contributed by atoms with Crippen LogP contribution < -0.4 is 20.7 Å². The van der Waals surface area contributed by atoms with Gasteiger partial charge in [-0.05, 0) is 25.0 Å². The molecule has 1 heterocycles. The second-order valence-electron chi connectivity index (χ2n) is 7.07. The molecular formula is C19H25N3O6. The lowest BCUT2D eigenvalue weighted by Crippen LogP contribution is -2.54. The van der Waals surface area contributed by atoms with Gasteiger partial charge in [0, 0.05) is 0 Å². The summed E-state index contributed by atoms with van der Waals surface area (Å²) in [5.74, 6) is -3.01. The van der Waals surface area contributed by atoms with Gasteiger partial charge in [0.05, 0.1) is 18.0 Å². The molecule has 0 bridgehead atoms. The number of fused-ring (bicyclic) bond motifs is 1. The number of aliphatic carboxylic acids is 1. The molecule has 0 saturated carbocycles. The average molecular weight is 391 g/mol. The third kappa shape index (κ3) is 5.45. The summed E-state index contributed by atoms with van der Waals surface area (Å²) in [5, 5.41) is 17.0. The second-order valence-corrected chi connectivity index (χ2v) is 7.07. The lowest BCUT2D eigenvalue weighted by molar-refractivity contribution is -0.141. The van der Waals surface area contributed by atoms with E-state index in [-0.39, 0.29) is 35.8 Å². The highest BCUT2D eigenvalue weighted by molar-refractivity contribution is 6.00. The Morgan fingerprint density at radius 3 is 2.46 bits per heavy atom. The molecule has 0 saturated heterocycles. The fourth-order valence-electron chi connectivity index (χ4n) is 2.76. The summed E-state index contributed by atoms with van der Waals surface area (Å²) in [7, 11) is 0. The first-order valence-corrected chi connectivity index (χ1v) is 9.04. The Kier molecular flexibility index (Phi) is 6.97. The van der Waals surface area contributed by atoms with Gasteiger partial charge in [-0.1, -0.05) is 26.0 Å². The van der Waals surface area contributed by atoms with E-state index in [4.69, 9.17) is 4.74 Å². The summed E-state index contributed by atoms with van der Waals surface area (Å²) < 4.78 is 5.67. The van der Waals surface area contributed by atoms with Crippen LogP contribution in [-0.4, -0.2) is 53.5 Å². The van der Waals surface area contributed by atoms with E-state index in [2.05, 4.69) is 16.0 Å². The summed E-state index contributed by atoms with van der Waals surface area (Å²) >= 11 is 0. The number of hydrogen-bond donors (Lipinski definition) is 4. The molecule has 1 aliphatic heterocycles. The smallest absolute Gasteiger partial charge is 0.326 e. The van der Waals surface area contributed by atoms with Crippen molar-refractivity contribution in [2.75, 3.05) is 6.61 Å². The summed E-state index contributed by atoms with van der Waals surface area (Å²) in [4.78, 5) is 48.9. The number of benzene rings is 1. The topological polar surface area (TPSA) is 134 Å². The van der Waals surface area contributed by atoms with Crippen molar-refractivity contribution in [1.82, 2.24) is 16.0 Å². The molecule has 2 rings (SSSR count). The van der Waals surface area contributed by atoms with Crippen molar-refractivity contribution < 1.29 is 29.0 Å². The first kappa shape index (κ1) is 21.2. The zero-order valence-electron chi connectivity index (χ0n) is 16.0. The van der Waals surface area contributed by atoms with Gasteiger partial charge in [-0.2, -0.15) is 0 Å². The van der Waals surface area contributed by atoms with E-state index >= 15 is 0 Å². The Balaban J connectivity index is 2.36. The van der Waals surface area contributed by atoms with E-state index in [1.807, 2.05) is 0 Å². The monoisotopic (exact) mass is 391 g/mol. The van der Waals surface area contributed by atoms with Crippen LogP contribution in [0.25, 0.3) is 0 Å². The van der Waals surface area contributed by atoms with Crippen LogP contribution >= 0.6 is 0 Å². The largest absolute Gasteiger partial charge is 0.491 e. The molecule has 0 radical (unpaired) electrons. The van der Waals surface area contributed by atoms with E-state index in [1.165, 1.54) is 6.07 Å². The lowest BCUT2D eigenvalue weighted by Gasteiger charge is -2.25. The van der Waals surface area contributed by atoms with Crippen molar-refractivity contribution in [1.29, 1.82) is 0 Å². The molecule has 0 aliphatic carbocycles. The minimum atomic E-state index is -1.45. The second kappa shape index (κ2) is 9.20. The normalized spacial score (nSPS) is 24.1. The number of nitrogens with one attached hydrogen (secondary N) is 3. The van der Waals surface area contributed by atoms with Crippen LogP contribution in [0.1, 0.15) is 37.6 Å². The van der Waals surface area contributed by atoms with Gasteiger partial charge < -0.3 is 25.8 Å². The SMILES string of the molecule is CC(C)[C@@H]1NC(=O)C[C@@H](C(=O)O)NC(=O)c2ccccc2OC[C@H](C)NC1=O. The maximum atomic E-state index is 12.5. The fourth-order valence-corrected chi connectivity index (χ4v) is 2.76. The van der Waals surface area contributed by atoms with Crippen LogP contribution in [0.15, 0.2) is 24.3 Å². The van der Waals surface area contributed by atoms with Gasteiger partial charge in [0.15, 0.2) is 0 Å². The van der Waals surface area contributed by atoms with Crippen molar-refractivity contribution in [2.45, 2.75) is 45.3 Å². The minimum Gasteiger partial charge on any atom is -0.491 e. The molecule has 0 unspecified atom stereocenters. The van der Waals surface area contributed by atoms with E-state index in [0.29, 0.717) is 0 Å². The summed E-state index contributed by atoms with van der Waals surface area (Å²) in [5.41, 5.74) is 0.143. The number of rotatable bonds is 2. The molecular weight excluding hydrogens is 366 g/mol. The third-order valence-electron chi connectivity index (χ3n) is 4.27. The number of hydrogen-bond acceptors (Lipinski definition) is 5. The Labute approximate surface area is 162 Å². The quantitative estimate of drug-likeness (QED) is 0.573. The van der Waals surface area contributed by atoms with Crippen molar-refractivity contribution in [3.8, 4) is 5.75 Å². The number of carboxylic acid groups (broad SMARTS) is 1. The van der Waals surface area contributed by atoms with Crippen LogP contribution in [0.2, 0.25) is 0 Å². The van der Waals surface area contributed by atoms with Crippen molar-refractivity contribution in [3.63, 3.8) is 0 Å². The van der Waals surface area contributed by atoms with E-state index in [0.717, 1.165) is 0 Å². The van der Waals surface area contributed by atoms with Gasteiger partial charge in [0.2, 0.25) is 11.8 Å². The first-order chi connectivity index (χ1) is 13.2. The van der Waals surface area contributed by atoms with Crippen molar-refractivity contribution >= 4 is 23.7 Å². The van der Waals surface area contributed by atoms with Crippen LogP contribution in [0.3, 0.4) is 0 Å². The lowest BCUT2D eigenvalue weighted by atomic mass is 10.0. The van der Waals surface area contributed by atoms with Gasteiger partial charge in [0.1, 0.15) is 24.4 Å². The molecule has 9 nitrogen and oxygen atoms in total. The van der Waals surface area contributed by atoms with Crippen LogP contribution in [0.5, 0.6) is 5.75 Å². The Morgan fingerprint density at radius 2 is 1.82 bits per heavy atom. The number of amides is 3. The molecule has 3 amide bonds. The zero-order valence-corrected chi connectivity index (χ0v) is 16.0. The molecule has 4 N–H and O–H groups in total. The predicted octanol–water partition coefficient (Wildman–Crippen LogP) is 0.298. The molecule has 0 spiro atoms. The van der Waals surface area contributed by atoms with E-state index in [1.54, 1.807) is 39.0 Å². The number of carboxylic acids is 1. The standard InChI is InChI=1S/C19H25N3O6/c1-10(2)16-18(25)20-11(3)9-28-14-7-5-4-6-12(14)17(24)21-13(19(26)27)8-15(23)22-16/h4-7,10-11,13,16H,8-9H2,1-3H3,(H,20,25)(H,21,24)(H,22,23)(H,26,27)/t11-,13-,16-/m0/s1. The molecule has 0 aromatic heterocycles. The van der Waals surface area contributed by atoms with Gasteiger partial charge in [0.25, 0.3) is 5.91 Å².